The smallest absolute Gasteiger partial charge is 0.241 e. The first kappa shape index (κ1) is 11.5. The van der Waals surface area contributed by atoms with Crippen LogP contribution in [0.3, 0.4) is 0 Å². The Bertz CT molecular complexity index is 423. The van der Waals surface area contributed by atoms with Crippen molar-refractivity contribution in [3.63, 3.8) is 0 Å². The van der Waals surface area contributed by atoms with Gasteiger partial charge in [-0.1, -0.05) is 11.6 Å². The molecule has 0 aliphatic heterocycles. The van der Waals surface area contributed by atoms with Crippen LogP contribution >= 0.6 is 11.6 Å². The van der Waals surface area contributed by atoms with Gasteiger partial charge in [0.15, 0.2) is 0 Å². The number of hydrogen-bond acceptors (Lipinski definition) is 3. The van der Waals surface area contributed by atoms with Gasteiger partial charge in [-0.15, -0.1) is 0 Å². The van der Waals surface area contributed by atoms with Crippen molar-refractivity contribution in [2.75, 3.05) is 5.32 Å². The van der Waals surface area contributed by atoms with Crippen molar-refractivity contribution in [1.82, 2.24) is 0 Å². The zero-order valence-corrected chi connectivity index (χ0v) is 8.88. The molecule has 0 saturated heterocycles. The van der Waals surface area contributed by atoms with Gasteiger partial charge in [-0.05, 0) is 25.1 Å². The number of nitrogens with one attached hydrogen (secondary N) is 1. The van der Waals surface area contributed by atoms with E-state index in [1.54, 1.807) is 19.1 Å². The molecule has 5 heteroatoms. The number of anilines is 1. The summed E-state index contributed by atoms with van der Waals surface area (Å²) in [4.78, 5) is 11.3. The largest absolute Gasteiger partial charge is 0.323 e. The van der Waals surface area contributed by atoms with Crippen LogP contribution in [0.25, 0.3) is 0 Å². The van der Waals surface area contributed by atoms with E-state index in [1.165, 1.54) is 6.07 Å². The van der Waals surface area contributed by atoms with Gasteiger partial charge in [0.1, 0.15) is 0 Å². The van der Waals surface area contributed by atoms with Crippen LogP contribution < -0.4 is 11.1 Å². The summed E-state index contributed by atoms with van der Waals surface area (Å²) in [6.45, 7) is 1.57. The summed E-state index contributed by atoms with van der Waals surface area (Å²) in [5.74, 6) is -0.341. The van der Waals surface area contributed by atoms with Crippen LogP contribution in [0.5, 0.6) is 0 Å². The van der Waals surface area contributed by atoms with Crippen molar-refractivity contribution in [1.29, 1.82) is 5.26 Å². The highest BCUT2D eigenvalue weighted by atomic mass is 35.5. The number of nitrogens with two attached hydrogens (primary N) is 1. The van der Waals surface area contributed by atoms with Crippen molar-refractivity contribution in [2.24, 2.45) is 5.73 Å². The Labute approximate surface area is 92.6 Å². The molecule has 1 amide bonds. The lowest BCUT2D eigenvalue weighted by Crippen LogP contribution is -2.32. The molecule has 0 bridgehead atoms. The topological polar surface area (TPSA) is 78.9 Å². The predicted molar refractivity (Wildman–Crippen MR) is 58.4 cm³/mol. The van der Waals surface area contributed by atoms with Crippen molar-refractivity contribution in [3.05, 3.63) is 28.8 Å². The molecule has 0 unspecified atom stereocenters. The van der Waals surface area contributed by atoms with Crippen molar-refractivity contribution >= 4 is 23.2 Å². The SMILES string of the molecule is C[C@@H](N)C(=O)Nc1cc(C#N)ccc1Cl. The van der Waals surface area contributed by atoms with Gasteiger partial charge < -0.3 is 11.1 Å². The first-order valence-electron chi connectivity index (χ1n) is 4.30. The number of benzene rings is 1. The number of rotatable bonds is 2. The lowest BCUT2D eigenvalue weighted by Gasteiger charge is -2.09. The molecule has 78 valence electrons. The lowest BCUT2D eigenvalue weighted by molar-refractivity contribution is -0.117. The molecule has 1 atom stereocenters. The third kappa shape index (κ3) is 2.94. The molecule has 0 radical (unpaired) electrons. The molecule has 0 spiro atoms. The van der Waals surface area contributed by atoms with E-state index in [0.29, 0.717) is 16.3 Å². The Morgan fingerprint density at radius 1 is 1.67 bits per heavy atom. The fourth-order valence-corrected chi connectivity index (χ4v) is 1.10. The van der Waals surface area contributed by atoms with Gasteiger partial charge in [0.25, 0.3) is 0 Å². The molecular formula is C10H10ClN3O. The maximum Gasteiger partial charge on any atom is 0.241 e. The normalized spacial score (nSPS) is 11.6. The highest BCUT2D eigenvalue weighted by molar-refractivity contribution is 6.33. The summed E-state index contributed by atoms with van der Waals surface area (Å²) in [5, 5.41) is 11.6. The third-order valence-electron chi connectivity index (χ3n) is 1.77. The van der Waals surface area contributed by atoms with Gasteiger partial charge in [-0.2, -0.15) is 5.26 Å². The first-order chi connectivity index (χ1) is 7.04. The Kier molecular flexibility index (Phi) is 3.67. The van der Waals surface area contributed by atoms with Gasteiger partial charge in [-0.25, -0.2) is 0 Å². The Morgan fingerprint density at radius 2 is 2.33 bits per heavy atom. The van der Waals surface area contributed by atoms with Crippen LogP contribution in [0.15, 0.2) is 18.2 Å². The number of nitrogens with zero attached hydrogens (tertiary/aromatic N) is 1. The molecule has 1 aromatic rings. The van der Waals surface area contributed by atoms with E-state index in [1.807, 2.05) is 6.07 Å². The number of carbonyl (C=O) groups is 1. The number of hydrogen-bond donors (Lipinski definition) is 2. The molecule has 3 N–H and O–H groups in total. The van der Waals surface area contributed by atoms with Crippen molar-refractivity contribution < 1.29 is 4.79 Å². The second-order valence-corrected chi connectivity index (χ2v) is 3.49. The Hall–Kier alpha value is -1.57. The second-order valence-electron chi connectivity index (χ2n) is 3.08. The quantitative estimate of drug-likeness (QED) is 0.798. The van der Waals surface area contributed by atoms with Crippen LogP contribution in [-0.2, 0) is 4.79 Å². The number of nitriles is 1. The standard InChI is InChI=1S/C10H10ClN3O/c1-6(13)10(15)14-9-4-7(5-12)2-3-8(9)11/h2-4,6H,13H2,1H3,(H,14,15)/t6-/m1/s1. The highest BCUT2D eigenvalue weighted by Crippen LogP contribution is 2.22. The number of carbonyl (C=O) groups excluding carboxylic acids is 1. The van der Waals surface area contributed by atoms with Crippen LogP contribution in [0.1, 0.15) is 12.5 Å². The number of amides is 1. The fraction of sp³-hybridized carbons (Fsp3) is 0.200. The monoisotopic (exact) mass is 223 g/mol. The summed E-state index contributed by atoms with van der Waals surface area (Å²) >= 11 is 5.84. The van der Waals surface area contributed by atoms with Gasteiger partial charge in [0.05, 0.1) is 28.4 Å². The summed E-state index contributed by atoms with van der Waals surface area (Å²) < 4.78 is 0. The summed E-state index contributed by atoms with van der Waals surface area (Å²) in [6, 6.07) is 5.97. The number of halogens is 1. The second kappa shape index (κ2) is 4.78. The summed E-state index contributed by atoms with van der Waals surface area (Å²) in [7, 11) is 0. The minimum Gasteiger partial charge on any atom is -0.323 e. The van der Waals surface area contributed by atoms with Crippen molar-refractivity contribution in [2.45, 2.75) is 13.0 Å². The van der Waals surface area contributed by atoms with E-state index in [-0.39, 0.29) is 5.91 Å². The van der Waals surface area contributed by atoms with Gasteiger partial charge in [0.2, 0.25) is 5.91 Å². The van der Waals surface area contributed by atoms with Gasteiger partial charge >= 0.3 is 0 Å². The molecule has 0 saturated carbocycles. The molecule has 1 aromatic carbocycles. The molecule has 1 rings (SSSR count). The van der Waals surface area contributed by atoms with Gasteiger partial charge in [-0.3, -0.25) is 4.79 Å². The van der Waals surface area contributed by atoms with Gasteiger partial charge in [0, 0.05) is 0 Å². The van der Waals surface area contributed by atoms with E-state index in [4.69, 9.17) is 22.6 Å². The fourth-order valence-electron chi connectivity index (χ4n) is 0.937. The maximum atomic E-state index is 11.3. The van der Waals surface area contributed by atoms with E-state index in [2.05, 4.69) is 5.32 Å². The zero-order chi connectivity index (χ0) is 11.4. The summed E-state index contributed by atoms with van der Waals surface area (Å²) in [6.07, 6.45) is 0. The van der Waals surface area contributed by atoms with E-state index >= 15 is 0 Å². The maximum absolute atomic E-state index is 11.3. The van der Waals surface area contributed by atoms with E-state index < -0.39 is 6.04 Å². The minimum absolute atomic E-state index is 0.341. The lowest BCUT2D eigenvalue weighted by atomic mass is 10.2. The van der Waals surface area contributed by atoms with Crippen molar-refractivity contribution in [3.8, 4) is 6.07 Å². The Balaban J connectivity index is 2.94. The molecule has 0 aromatic heterocycles. The average Bonchev–Trinajstić information content (AvgIpc) is 2.21. The van der Waals surface area contributed by atoms with E-state index in [0.717, 1.165) is 0 Å². The average molecular weight is 224 g/mol. The molecule has 4 nitrogen and oxygen atoms in total. The molecule has 0 aliphatic rings. The van der Waals surface area contributed by atoms with Crippen LogP contribution in [-0.4, -0.2) is 11.9 Å². The highest BCUT2D eigenvalue weighted by Gasteiger charge is 2.10. The molecule has 15 heavy (non-hydrogen) atoms. The van der Waals surface area contributed by atoms with Crippen LogP contribution in [0.4, 0.5) is 5.69 Å². The summed E-state index contributed by atoms with van der Waals surface area (Å²) in [5.41, 5.74) is 6.22. The third-order valence-corrected chi connectivity index (χ3v) is 2.10. The zero-order valence-electron chi connectivity index (χ0n) is 8.12. The molecule has 0 heterocycles. The van der Waals surface area contributed by atoms with Crippen LogP contribution in [0.2, 0.25) is 5.02 Å². The molecular weight excluding hydrogens is 214 g/mol. The molecule has 0 fully saturated rings. The Morgan fingerprint density at radius 3 is 2.87 bits per heavy atom. The minimum atomic E-state index is -0.619. The first-order valence-corrected chi connectivity index (χ1v) is 4.68. The van der Waals surface area contributed by atoms with E-state index in [9.17, 15) is 4.79 Å². The van der Waals surface area contributed by atoms with Crippen LogP contribution in [0, 0.1) is 11.3 Å². The molecule has 0 aliphatic carbocycles. The predicted octanol–water partition coefficient (Wildman–Crippen LogP) is 1.50.